The van der Waals surface area contributed by atoms with Gasteiger partial charge in [0.15, 0.2) is 18.1 Å². The minimum atomic E-state index is -0.393. The van der Waals surface area contributed by atoms with Gasteiger partial charge in [-0.05, 0) is 63.5 Å². The van der Waals surface area contributed by atoms with Crippen molar-refractivity contribution in [3.05, 3.63) is 107 Å². The van der Waals surface area contributed by atoms with Crippen molar-refractivity contribution in [1.82, 2.24) is 10.4 Å². The predicted molar refractivity (Wildman–Crippen MR) is 157 cm³/mol. The van der Waals surface area contributed by atoms with E-state index in [4.69, 9.17) is 14.2 Å². The van der Waals surface area contributed by atoms with Gasteiger partial charge in [0.1, 0.15) is 17.9 Å². The maximum Gasteiger partial charge on any atom is 0.277 e. The minimum Gasteiger partial charge on any atom is -0.490 e. The maximum atomic E-state index is 12.3. The third-order valence-corrected chi connectivity index (χ3v) is 6.66. The molecule has 0 fully saturated rings. The number of rotatable bonds is 10. The number of hydrazone groups is 1. The van der Waals surface area contributed by atoms with E-state index in [9.17, 15) is 4.79 Å². The van der Waals surface area contributed by atoms with Gasteiger partial charge in [0, 0.05) is 21.6 Å². The quantitative estimate of drug-likeness (QED) is 0.147. The van der Waals surface area contributed by atoms with Gasteiger partial charge in [-0.1, -0.05) is 60.7 Å². The molecule has 196 valence electrons. The lowest BCUT2D eigenvalue weighted by Crippen LogP contribution is -2.24. The van der Waals surface area contributed by atoms with Crippen molar-refractivity contribution >= 4 is 49.7 Å². The van der Waals surface area contributed by atoms with Crippen LogP contribution < -0.4 is 19.6 Å². The van der Waals surface area contributed by atoms with E-state index in [0.717, 1.165) is 31.8 Å². The van der Waals surface area contributed by atoms with Crippen LogP contribution in [0.5, 0.6) is 17.2 Å². The summed E-state index contributed by atoms with van der Waals surface area (Å²) in [5, 5.41) is 7.34. The SMILES string of the molecule is CCOc1cc(/C=N/NC(=O)COc2cccc3cccnc23)c(Br)cc1OCc1cccc2ccccc12. The first-order chi connectivity index (χ1) is 19.1. The Balaban J connectivity index is 1.23. The molecule has 1 aromatic heterocycles. The van der Waals surface area contributed by atoms with Crippen LogP contribution in [0.3, 0.4) is 0 Å². The van der Waals surface area contributed by atoms with Crippen LogP contribution in [0, 0.1) is 0 Å². The van der Waals surface area contributed by atoms with Crippen LogP contribution in [0.2, 0.25) is 0 Å². The number of carbonyl (C=O) groups excluding carboxylic acids is 1. The average Bonchev–Trinajstić information content (AvgIpc) is 2.96. The van der Waals surface area contributed by atoms with Gasteiger partial charge in [-0.3, -0.25) is 9.78 Å². The van der Waals surface area contributed by atoms with E-state index >= 15 is 0 Å². The molecule has 0 spiro atoms. The van der Waals surface area contributed by atoms with Gasteiger partial charge in [-0.15, -0.1) is 0 Å². The van der Waals surface area contributed by atoms with E-state index in [2.05, 4.69) is 55.7 Å². The molecule has 5 aromatic rings. The van der Waals surface area contributed by atoms with Gasteiger partial charge in [0.2, 0.25) is 0 Å². The van der Waals surface area contributed by atoms with Crippen molar-refractivity contribution in [1.29, 1.82) is 0 Å². The molecule has 1 N–H and O–H groups in total. The van der Waals surface area contributed by atoms with Gasteiger partial charge in [-0.2, -0.15) is 5.10 Å². The topological polar surface area (TPSA) is 82.0 Å². The summed E-state index contributed by atoms with van der Waals surface area (Å²) in [5.41, 5.74) is 5.00. The first-order valence-electron chi connectivity index (χ1n) is 12.5. The number of halogens is 1. The molecule has 7 nitrogen and oxygen atoms in total. The van der Waals surface area contributed by atoms with E-state index in [1.54, 1.807) is 18.5 Å². The summed E-state index contributed by atoms with van der Waals surface area (Å²) in [5.74, 6) is 1.33. The lowest BCUT2D eigenvalue weighted by molar-refractivity contribution is -0.123. The van der Waals surface area contributed by atoms with Gasteiger partial charge in [0.25, 0.3) is 5.91 Å². The number of aromatic nitrogens is 1. The monoisotopic (exact) mass is 583 g/mol. The predicted octanol–water partition coefficient (Wildman–Crippen LogP) is 6.66. The Kier molecular flexibility index (Phi) is 8.33. The van der Waals surface area contributed by atoms with E-state index in [1.807, 2.05) is 61.5 Å². The van der Waals surface area contributed by atoms with Crippen molar-refractivity contribution < 1.29 is 19.0 Å². The first-order valence-corrected chi connectivity index (χ1v) is 13.3. The van der Waals surface area contributed by atoms with Crippen LogP contribution in [-0.2, 0) is 11.4 Å². The summed E-state index contributed by atoms with van der Waals surface area (Å²) in [7, 11) is 0. The number of benzene rings is 4. The second-order valence-corrected chi connectivity index (χ2v) is 9.45. The van der Waals surface area contributed by atoms with Gasteiger partial charge in [-0.25, -0.2) is 5.43 Å². The molecule has 0 unspecified atom stereocenters. The van der Waals surface area contributed by atoms with Crippen LogP contribution in [0.4, 0.5) is 0 Å². The lowest BCUT2D eigenvalue weighted by atomic mass is 10.1. The Morgan fingerprint density at radius 3 is 2.56 bits per heavy atom. The molecule has 1 amide bonds. The summed E-state index contributed by atoms with van der Waals surface area (Å²) < 4.78 is 18.4. The molecule has 0 bridgehead atoms. The molecular formula is C31H26BrN3O4. The zero-order valence-corrected chi connectivity index (χ0v) is 22.9. The Bertz CT molecular complexity index is 1640. The molecule has 1 heterocycles. The molecule has 0 aliphatic carbocycles. The van der Waals surface area contributed by atoms with Gasteiger partial charge < -0.3 is 14.2 Å². The number of nitrogens with zero attached hydrogens (tertiary/aromatic N) is 2. The molecule has 0 aliphatic heterocycles. The number of nitrogens with one attached hydrogen (secondary N) is 1. The molecule has 39 heavy (non-hydrogen) atoms. The van der Waals surface area contributed by atoms with Gasteiger partial charge in [0.05, 0.1) is 12.8 Å². The van der Waals surface area contributed by atoms with E-state index in [1.165, 1.54) is 0 Å². The fraction of sp³-hybridized carbons (Fsp3) is 0.129. The summed E-state index contributed by atoms with van der Waals surface area (Å²) >= 11 is 3.58. The number of para-hydroxylation sites is 1. The number of hydrogen-bond donors (Lipinski definition) is 1. The molecule has 0 atom stereocenters. The van der Waals surface area contributed by atoms with E-state index in [0.29, 0.717) is 36.0 Å². The highest BCUT2D eigenvalue weighted by atomic mass is 79.9. The molecule has 0 radical (unpaired) electrons. The summed E-state index contributed by atoms with van der Waals surface area (Å²) in [4.78, 5) is 16.7. The lowest BCUT2D eigenvalue weighted by Gasteiger charge is -2.15. The first kappa shape index (κ1) is 26.2. The van der Waals surface area contributed by atoms with Crippen molar-refractivity contribution in [2.24, 2.45) is 5.10 Å². The molecule has 4 aromatic carbocycles. The Hall–Kier alpha value is -4.43. The fourth-order valence-corrected chi connectivity index (χ4v) is 4.57. The Morgan fingerprint density at radius 2 is 1.67 bits per heavy atom. The second kappa shape index (κ2) is 12.4. The highest BCUT2D eigenvalue weighted by Gasteiger charge is 2.12. The zero-order chi connectivity index (χ0) is 27.0. The second-order valence-electron chi connectivity index (χ2n) is 8.59. The standard InChI is InChI=1S/C31H26BrN3O4/c1-2-37-28-16-24(18-34-35-30(36)20-39-27-14-6-10-22-12-7-15-33-31(22)27)26(32)17-29(28)38-19-23-11-5-9-21-8-3-4-13-25(21)23/h3-18H,2,19-20H2,1H3,(H,35,36)/b34-18+. The van der Waals surface area contributed by atoms with E-state index < -0.39 is 5.91 Å². The molecule has 0 saturated heterocycles. The average molecular weight is 584 g/mol. The Morgan fingerprint density at radius 1 is 0.897 bits per heavy atom. The van der Waals surface area contributed by atoms with Gasteiger partial charge >= 0.3 is 0 Å². The highest BCUT2D eigenvalue weighted by molar-refractivity contribution is 9.10. The largest absolute Gasteiger partial charge is 0.490 e. The normalized spacial score (nSPS) is 11.1. The van der Waals surface area contributed by atoms with Crippen molar-refractivity contribution in [3.63, 3.8) is 0 Å². The highest BCUT2D eigenvalue weighted by Crippen LogP contribution is 2.34. The fourth-order valence-electron chi connectivity index (χ4n) is 4.15. The van der Waals surface area contributed by atoms with Crippen LogP contribution in [0.25, 0.3) is 21.7 Å². The van der Waals surface area contributed by atoms with Crippen molar-refractivity contribution in [2.45, 2.75) is 13.5 Å². The molecule has 5 rings (SSSR count). The number of fused-ring (bicyclic) bond motifs is 2. The Labute approximate surface area is 234 Å². The van der Waals surface area contributed by atoms with Crippen LogP contribution in [-0.4, -0.2) is 30.3 Å². The maximum absolute atomic E-state index is 12.3. The smallest absolute Gasteiger partial charge is 0.277 e. The summed E-state index contributed by atoms with van der Waals surface area (Å²) in [6, 6.07) is 27.4. The molecular weight excluding hydrogens is 558 g/mol. The molecule has 0 aliphatic rings. The minimum absolute atomic E-state index is 0.195. The zero-order valence-electron chi connectivity index (χ0n) is 21.3. The number of carbonyl (C=O) groups is 1. The van der Waals surface area contributed by atoms with Crippen molar-refractivity contribution in [3.8, 4) is 17.2 Å². The van der Waals surface area contributed by atoms with E-state index in [-0.39, 0.29) is 6.61 Å². The molecule has 0 saturated carbocycles. The van der Waals surface area contributed by atoms with Crippen molar-refractivity contribution in [2.75, 3.05) is 13.2 Å². The number of amides is 1. The van der Waals surface area contributed by atoms with Crippen LogP contribution >= 0.6 is 15.9 Å². The molecule has 8 heteroatoms. The summed E-state index contributed by atoms with van der Waals surface area (Å²) in [6.45, 7) is 2.58. The third-order valence-electron chi connectivity index (χ3n) is 5.97. The number of ether oxygens (including phenoxy) is 3. The number of hydrogen-bond acceptors (Lipinski definition) is 6. The third kappa shape index (κ3) is 6.35. The van der Waals surface area contributed by atoms with Crippen LogP contribution in [0.1, 0.15) is 18.1 Å². The van der Waals surface area contributed by atoms with Crippen LogP contribution in [0.15, 0.2) is 101 Å². The number of pyridine rings is 1. The summed E-state index contributed by atoms with van der Waals surface area (Å²) in [6.07, 6.45) is 3.23.